The third-order valence-electron chi connectivity index (χ3n) is 5.64. The summed E-state index contributed by atoms with van der Waals surface area (Å²) in [5, 5.41) is 5.59. The Hall–Kier alpha value is -2.62. The summed E-state index contributed by atoms with van der Waals surface area (Å²) in [5.41, 5.74) is 7.09. The van der Waals surface area contributed by atoms with E-state index in [-0.39, 0.29) is 24.3 Å². The van der Waals surface area contributed by atoms with Crippen molar-refractivity contribution in [3.8, 4) is 0 Å². The van der Waals surface area contributed by atoms with E-state index in [0.717, 1.165) is 21.3 Å². The summed E-state index contributed by atoms with van der Waals surface area (Å²) in [6, 6.07) is 2.02. The third kappa shape index (κ3) is 6.04. The van der Waals surface area contributed by atoms with Crippen molar-refractivity contribution < 1.29 is 23.9 Å². The Morgan fingerprint density at radius 3 is 2.58 bits per heavy atom. The second kappa shape index (κ2) is 9.70. The van der Waals surface area contributed by atoms with Crippen LogP contribution < -0.4 is 21.3 Å². The van der Waals surface area contributed by atoms with E-state index in [9.17, 15) is 19.2 Å². The topological polar surface area (TPSA) is 131 Å². The van der Waals surface area contributed by atoms with Gasteiger partial charge in [0.15, 0.2) is 0 Å². The molecule has 0 saturated carbocycles. The van der Waals surface area contributed by atoms with E-state index in [1.807, 2.05) is 12.1 Å². The summed E-state index contributed by atoms with van der Waals surface area (Å²) in [6.07, 6.45) is 1.21. The zero-order valence-electron chi connectivity index (χ0n) is 19.4. The first kappa shape index (κ1) is 25.0. The first-order valence-electron chi connectivity index (χ1n) is 11.1. The Morgan fingerprint density at radius 2 is 1.94 bits per heavy atom. The highest BCUT2D eigenvalue weighted by Gasteiger charge is 2.44. The molecule has 2 aliphatic rings. The number of primary amides is 1. The summed E-state index contributed by atoms with van der Waals surface area (Å²) in [4.78, 5) is 51.7. The van der Waals surface area contributed by atoms with Crippen molar-refractivity contribution in [1.82, 2.24) is 10.6 Å². The van der Waals surface area contributed by atoms with Gasteiger partial charge in [-0.2, -0.15) is 0 Å². The Balaban J connectivity index is 1.85. The molecular formula is C23H31BrN4O5. The predicted octanol–water partition coefficient (Wildman–Crippen LogP) is 2.32. The fraction of sp³-hybridized carbons (Fsp3) is 0.565. The SMILES string of the molecule is C[C@H](CCC(N)=O)NC(=O)[C@@H]1Cc2cc(Br)cc3c2N1C(=O)[C@@H](NC(=O)OC(C)(C)C)CC3. The van der Waals surface area contributed by atoms with E-state index in [4.69, 9.17) is 10.5 Å². The van der Waals surface area contributed by atoms with E-state index in [2.05, 4.69) is 26.6 Å². The summed E-state index contributed by atoms with van der Waals surface area (Å²) in [6.45, 7) is 7.05. The van der Waals surface area contributed by atoms with E-state index in [0.29, 0.717) is 25.7 Å². The normalized spacial score (nSPS) is 20.5. The molecule has 0 aromatic heterocycles. The van der Waals surface area contributed by atoms with Crippen molar-refractivity contribution in [2.75, 3.05) is 4.90 Å². The minimum atomic E-state index is -0.820. The van der Waals surface area contributed by atoms with Crippen molar-refractivity contribution in [3.05, 3.63) is 27.7 Å². The number of amides is 4. The standard InChI is InChI=1S/C23H31BrN4O5/c1-12(5-8-18(25)29)26-20(30)17-11-14-10-15(24)9-13-6-7-16(21(31)28(17)19(13)14)27-22(32)33-23(2,3)4/h9-10,12,16-17H,5-8,11H2,1-4H3,(H2,25,29)(H,26,30)(H,27,32)/t12-,16+,17+/m1/s1. The number of alkyl carbamates (subject to hydrolysis) is 1. The van der Waals surface area contributed by atoms with Crippen LogP contribution in [-0.4, -0.2) is 47.5 Å². The van der Waals surface area contributed by atoms with Gasteiger partial charge >= 0.3 is 6.09 Å². The van der Waals surface area contributed by atoms with Gasteiger partial charge in [-0.3, -0.25) is 19.3 Å². The van der Waals surface area contributed by atoms with Crippen LogP contribution in [-0.2, 0) is 32.0 Å². The smallest absolute Gasteiger partial charge is 0.408 e. The molecule has 0 fully saturated rings. The number of hydrogen-bond donors (Lipinski definition) is 3. The maximum absolute atomic E-state index is 13.6. The van der Waals surface area contributed by atoms with Crippen LogP contribution in [0.5, 0.6) is 0 Å². The number of anilines is 1. The number of rotatable bonds is 6. The molecule has 4 N–H and O–H groups in total. The van der Waals surface area contributed by atoms with Crippen LogP contribution >= 0.6 is 15.9 Å². The van der Waals surface area contributed by atoms with E-state index in [1.54, 1.807) is 27.7 Å². The highest BCUT2D eigenvalue weighted by molar-refractivity contribution is 9.10. The fourth-order valence-electron chi connectivity index (χ4n) is 4.25. The van der Waals surface area contributed by atoms with E-state index < -0.39 is 29.7 Å². The minimum Gasteiger partial charge on any atom is -0.444 e. The molecule has 9 nitrogen and oxygen atoms in total. The number of carbonyl (C=O) groups is 4. The molecule has 0 spiro atoms. The van der Waals surface area contributed by atoms with Gasteiger partial charge in [0.1, 0.15) is 17.7 Å². The van der Waals surface area contributed by atoms with Crippen molar-refractivity contribution >= 4 is 45.4 Å². The minimum absolute atomic E-state index is 0.161. The first-order chi connectivity index (χ1) is 15.4. The molecule has 3 atom stereocenters. The van der Waals surface area contributed by atoms with Crippen molar-refractivity contribution in [2.45, 2.75) is 83.5 Å². The average molecular weight is 523 g/mol. The molecule has 0 unspecified atom stereocenters. The molecule has 10 heteroatoms. The lowest BCUT2D eigenvalue weighted by Crippen LogP contribution is -2.55. The average Bonchev–Trinajstić information content (AvgIpc) is 3.00. The Labute approximate surface area is 201 Å². The van der Waals surface area contributed by atoms with Crippen LogP contribution in [0.3, 0.4) is 0 Å². The maximum atomic E-state index is 13.6. The summed E-state index contributed by atoms with van der Waals surface area (Å²) >= 11 is 3.52. The van der Waals surface area contributed by atoms with Gasteiger partial charge in [0, 0.05) is 23.4 Å². The first-order valence-corrected chi connectivity index (χ1v) is 11.9. The molecule has 1 aromatic rings. The quantitative estimate of drug-likeness (QED) is 0.527. The Kier molecular flexibility index (Phi) is 7.36. The number of halogens is 1. The van der Waals surface area contributed by atoms with Gasteiger partial charge in [0.25, 0.3) is 0 Å². The van der Waals surface area contributed by atoms with Crippen molar-refractivity contribution in [3.63, 3.8) is 0 Å². The van der Waals surface area contributed by atoms with Crippen LogP contribution in [0.4, 0.5) is 10.5 Å². The van der Waals surface area contributed by atoms with E-state index in [1.165, 1.54) is 4.90 Å². The van der Waals surface area contributed by atoms with Crippen LogP contribution in [0, 0.1) is 0 Å². The molecule has 0 aliphatic carbocycles. The lowest BCUT2D eigenvalue weighted by Gasteiger charge is -2.29. The van der Waals surface area contributed by atoms with Gasteiger partial charge in [-0.15, -0.1) is 0 Å². The zero-order chi connectivity index (χ0) is 24.5. The van der Waals surface area contributed by atoms with Gasteiger partial charge in [-0.25, -0.2) is 4.79 Å². The van der Waals surface area contributed by atoms with Crippen molar-refractivity contribution in [2.24, 2.45) is 5.73 Å². The molecule has 3 rings (SSSR count). The van der Waals surface area contributed by atoms with Gasteiger partial charge in [-0.05, 0) is 70.2 Å². The number of aryl methyl sites for hydroxylation is 1. The molecule has 0 bridgehead atoms. The maximum Gasteiger partial charge on any atom is 0.408 e. The largest absolute Gasteiger partial charge is 0.444 e. The van der Waals surface area contributed by atoms with Crippen LogP contribution in [0.25, 0.3) is 0 Å². The number of nitrogens with two attached hydrogens (primary N) is 1. The zero-order valence-corrected chi connectivity index (χ0v) is 21.0. The summed E-state index contributed by atoms with van der Waals surface area (Å²) < 4.78 is 6.21. The highest BCUT2D eigenvalue weighted by atomic mass is 79.9. The number of benzene rings is 1. The number of hydrogen-bond acceptors (Lipinski definition) is 5. The molecule has 1 aromatic carbocycles. The van der Waals surface area contributed by atoms with Gasteiger partial charge in [-0.1, -0.05) is 15.9 Å². The number of carbonyl (C=O) groups excluding carboxylic acids is 4. The van der Waals surface area contributed by atoms with Gasteiger partial charge in [0.05, 0.1) is 5.69 Å². The Bertz CT molecular complexity index is 974. The van der Waals surface area contributed by atoms with Crippen LogP contribution in [0.15, 0.2) is 16.6 Å². The number of nitrogens with zero attached hydrogens (tertiary/aromatic N) is 1. The highest BCUT2D eigenvalue weighted by Crippen LogP contribution is 2.41. The molecule has 0 saturated heterocycles. The number of ether oxygens (including phenoxy) is 1. The third-order valence-corrected chi connectivity index (χ3v) is 6.10. The van der Waals surface area contributed by atoms with Gasteiger partial charge < -0.3 is 21.1 Å². The molecule has 2 aliphatic heterocycles. The summed E-state index contributed by atoms with van der Waals surface area (Å²) in [5.74, 6) is -1.08. The monoisotopic (exact) mass is 522 g/mol. The lowest BCUT2D eigenvalue weighted by molar-refractivity contribution is -0.127. The molecular weight excluding hydrogens is 492 g/mol. The summed E-state index contributed by atoms with van der Waals surface area (Å²) in [7, 11) is 0. The lowest BCUT2D eigenvalue weighted by atomic mass is 10.0. The van der Waals surface area contributed by atoms with Gasteiger partial charge in [0.2, 0.25) is 17.7 Å². The second-order valence-electron chi connectivity index (χ2n) is 9.65. The van der Waals surface area contributed by atoms with Crippen LogP contribution in [0.1, 0.15) is 58.1 Å². The molecule has 2 heterocycles. The molecule has 4 amide bonds. The van der Waals surface area contributed by atoms with Crippen LogP contribution in [0.2, 0.25) is 0 Å². The predicted molar refractivity (Wildman–Crippen MR) is 127 cm³/mol. The number of nitrogens with one attached hydrogen (secondary N) is 2. The Morgan fingerprint density at radius 1 is 1.27 bits per heavy atom. The molecule has 180 valence electrons. The molecule has 33 heavy (non-hydrogen) atoms. The fourth-order valence-corrected chi connectivity index (χ4v) is 4.80. The second-order valence-corrected chi connectivity index (χ2v) is 10.6. The molecule has 0 radical (unpaired) electrons. The van der Waals surface area contributed by atoms with Crippen molar-refractivity contribution in [1.29, 1.82) is 0 Å². The van der Waals surface area contributed by atoms with E-state index >= 15 is 0 Å².